The van der Waals surface area contributed by atoms with E-state index >= 15 is 0 Å². The van der Waals surface area contributed by atoms with E-state index in [4.69, 9.17) is 9.47 Å². The normalized spacial score (nSPS) is 16.4. The molecule has 0 aromatic heterocycles. The van der Waals surface area contributed by atoms with Gasteiger partial charge in [0.25, 0.3) is 0 Å². The highest BCUT2D eigenvalue weighted by Gasteiger charge is 2.21. The van der Waals surface area contributed by atoms with E-state index in [2.05, 4.69) is 43.0 Å². The summed E-state index contributed by atoms with van der Waals surface area (Å²) in [6.07, 6.45) is 1.44. The zero-order valence-corrected chi connectivity index (χ0v) is 17.4. The fourth-order valence-corrected chi connectivity index (χ4v) is 4.04. The third kappa shape index (κ3) is 4.73. The molecule has 0 N–H and O–H groups in total. The maximum atomic E-state index is 12.5. The summed E-state index contributed by atoms with van der Waals surface area (Å²) in [5.41, 5.74) is 5.00. The number of hydrogen-bond acceptors (Lipinski definition) is 4. The molecule has 29 heavy (non-hydrogen) atoms. The molecule has 1 amide bonds. The minimum Gasteiger partial charge on any atom is -0.493 e. The first kappa shape index (κ1) is 19.8. The van der Waals surface area contributed by atoms with Crippen LogP contribution in [0.3, 0.4) is 0 Å². The third-order valence-electron chi connectivity index (χ3n) is 6.01. The van der Waals surface area contributed by atoms with Crippen LogP contribution in [0.1, 0.15) is 28.7 Å². The van der Waals surface area contributed by atoms with Crippen molar-refractivity contribution in [3.63, 3.8) is 0 Å². The van der Waals surface area contributed by atoms with E-state index in [0.29, 0.717) is 13.0 Å². The van der Waals surface area contributed by atoms with Crippen LogP contribution in [-0.4, -0.2) is 55.1 Å². The van der Waals surface area contributed by atoms with Crippen molar-refractivity contribution in [1.82, 2.24) is 9.80 Å². The molecule has 0 spiro atoms. The van der Waals surface area contributed by atoms with E-state index in [0.717, 1.165) is 62.8 Å². The molecule has 0 unspecified atom stereocenters. The summed E-state index contributed by atoms with van der Waals surface area (Å²) >= 11 is 0. The Morgan fingerprint density at radius 3 is 2.76 bits per heavy atom. The van der Waals surface area contributed by atoms with E-state index in [1.54, 1.807) is 0 Å². The number of carbonyl (C=O) groups is 1. The van der Waals surface area contributed by atoms with Gasteiger partial charge in [0.15, 0.2) is 0 Å². The maximum absolute atomic E-state index is 12.5. The van der Waals surface area contributed by atoms with E-state index in [1.165, 1.54) is 16.7 Å². The number of amides is 1. The fourth-order valence-electron chi connectivity index (χ4n) is 4.04. The van der Waals surface area contributed by atoms with Crippen molar-refractivity contribution in [2.75, 3.05) is 39.4 Å². The van der Waals surface area contributed by atoms with Gasteiger partial charge in [-0.2, -0.15) is 0 Å². The number of nitrogens with zero attached hydrogens (tertiary/aromatic N) is 2. The second-order valence-electron chi connectivity index (χ2n) is 7.99. The molecule has 0 bridgehead atoms. The quantitative estimate of drug-likeness (QED) is 0.754. The highest BCUT2D eigenvalue weighted by molar-refractivity contribution is 5.76. The number of rotatable bonds is 6. The van der Waals surface area contributed by atoms with Gasteiger partial charge in [-0.3, -0.25) is 9.69 Å². The van der Waals surface area contributed by atoms with E-state index in [1.807, 2.05) is 17.0 Å². The Morgan fingerprint density at radius 2 is 1.93 bits per heavy atom. The number of aryl methyl sites for hydroxylation is 1. The van der Waals surface area contributed by atoms with Crippen LogP contribution in [0.5, 0.6) is 11.5 Å². The van der Waals surface area contributed by atoms with Gasteiger partial charge in [-0.1, -0.05) is 24.3 Å². The average Bonchev–Trinajstić information content (AvgIpc) is 3.19. The minimum atomic E-state index is 0.185. The molecule has 0 radical (unpaired) electrons. The van der Waals surface area contributed by atoms with E-state index < -0.39 is 0 Å². The van der Waals surface area contributed by atoms with Crippen LogP contribution in [0.4, 0.5) is 0 Å². The van der Waals surface area contributed by atoms with Gasteiger partial charge < -0.3 is 14.4 Å². The lowest BCUT2D eigenvalue weighted by Gasteiger charge is -2.35. The van der Waals surface area contributed by atoms with Crippen molar-refractivity contribution in [1.29, 1.82) is 0 Å². The summed E-state index contributed by atoms with van der Waals surface area (Å²) in [5.74, 6) is 2.10. The Kier molecular flexibility index (Phi) is 6.05. The molecular formula is C24H30N2O3. The molecule has 1 saturated heterocycles. The molecule has 0 aliphatic carbocycles. The van der Waals surface area contributed by atoms with Gasteiger partial charge in [-0.25, -0.2) is 0 Å². The molecule has 2 heterocycles. The fraction of sp³-hybridized carbons (Fsp3) is 0.458. The molecular weight excluding hydrogens is 364 g/mol. The topological polar surface area (TPSA) is 42.0 Å². The molecule has 154 valence electrons. The number of ether oxygens (including phenoxy) is 2. The maximum Gasteiger partial charge on any atom is 0.226 e. The van der Waals surface area contributed by atoms with Gasteiger partial charge in [0.05, 0.1) is 19.6 Å². The zero-order valence-electron chi connectivity index (χ0n) is 17.4. The first-order valence-corrected chi connectivity index (χ1v) is 10.5. The Morgan fingerprint density at radius 1 is 1.10 bits per heavy atom. The van der Waals surface area contributed by atoms with Gasteiger partial charge in [-0.15, -0.1) is 0 Å². The molecule has 5 heteroatoms. The monoisotopic (exact) mass is 394 g/mol. The molecule has 0 saturated carbocycles. The van der Waals surface area contributed by atoms with Gasteiger partial charge in [0.1, 0.15) is 11.5 Å². The molecule has 2 aliphatic rings. The summed E-state index contributed by atoms with van der Waals surface area (Å²) in [7, 11) is 0. The van der Waals surface area contributed by atoms with Crippen LogP contribution in [0.2, 0.25) is 0 Å². The predicted octanol–water partition coefficient (Wildman–Crippen LogP) is 3.35. The number of carbonyl (C=O) groups excluding carboxylic acids is 1. The van der Waals surface area contributed by atoms with Crippen molar-refractivity contribution < 1.29 is 14.3 Å². The smallest absolute Gasteiger partial charge is 0.226 e. The standard InChI is InChI=1S/C24H30N2O3/c1-18-4-3-5-22(19(18)2)28-15-9-24(27)26-12-10-25(11-13-26)17-20-6-7-23-21(16-20)8-14-29-23/h3-7,16H,8-15,17H2,1-2H3. The summed E-state index contributed by atoms with van der Waals surface area (Å²) in [5, 5.41) is 0. The van der Waals surface area contributed by atoms with Gasteiger partial charge in [0, 0.05) is 39.1 Å². The molecule has 2 aliphatic heterocycles. The number of benzene rings is 2. The molecule has 2 aromatic rings. The Hall–Kier alpha value is -2.53. The third-order valence-corrected chi connectivity index (χ3v) is 6.01. The second-order valence-corrected chi connectivity index (χ2v) is 7.99. The summed E-state index contributed by atoms with van der Waals surface area (Å²) in [4.78, 5) is 16.9. The van der Waals surface area contributed by atoms with Gasteiger partial charge >= 0.3 is 0 Å². The Balaban J connectivity index is 1.21. The molecule has 0 atom stereocenters. The van der Waals surface area contributed by atoms with E-state index in [-0.39, 0.29) is 5.91 Å². The first-order valence-electron chi connectivity index (χ1n) is 10.5. The van der Waals surface area contributed by atoms with Gasteiger partial charge in [0.2, 0.25) is 5.91 Å². The highest BCUT2D eigenvalue weighted by atomic mass is 16.5. The number of piperazine rings is 1. The summed E-state index contributed by atoms with van der Waals surface area (Å²) in [6, 6.07) is 12.6. The van der Waals surface area contributed by atoms with E-state index in [9.17, 15) is 4.79 Å². The average molecular weight is 395 g/mol. The van der Waals surface area contributed by atoms with Crippen molar-refractivity contribution >= 4 is 5.91 Å². The Labute approximate surface area is 173 Å². The lowest BCUT2D eigenvalue weighted by molar-refractivity contribution is -0.133. The summed E-state index contributed by atoms with van der Waals surface area (Å²) < 4.78 is 11.4. The van der Waals surface area contributed by atoms with Crippen LogP contribution >= 0.6 is 0 Å². The SMILES string of the molecule is Cc1cccc(OCCC(=O)N2CCN(Cc3ccc4c(c3)CCO4)CC2)c1C. The van der Waals surface area contributed by atoms with Crippen molar-refractivity contribution in [3.8, 4) is 11.5 Å². The number of hydrogen-bond donors (Lipinski definition) is 0. The minimum absolute atomic E-state index is 0.185. The van der Waals surface area contributed by atoms with Crippen LogP contribution < -0.4 is 9.47 Å². The molecule has 4 rings (SSSR count). The Bertz CT molecular complexity index is 872. The lowest BCUT2D eigenvalue weighted by atomic mass is 10.1. The second kappa shape index (κ2) is 8.87. The lowest BCUT2D eigenvalue weighted by Crippen LogP contribution is -2.48. The summed E-state index contributed by atoms with van der Waals surface area (Å²) in [6.45, 7) is 9.70. The van der Waals surface area contributed by atoms with Crippen LogP contribution in [0, 0.1) is 13.8 Å². The molecule has 5 nitrogen and oxygen atoms in total. The molecule has 2 aromatic carbocycles. The highest BCUT2D eigenvalue weighted by Crippen LogP contribution is 2.26. The number of fused-ring (bicyclic) bond motifs is 1. The van der Waals surface area contributed by atoms with Crippen molar-refractivity contribution in [2.24, 2.45) is 0 Å². The van der Waals surface area contributed by atoms with Crippen molar-refractivity contribution in [3.05, 3.63) is 58.7 Å². The largest absolute Gasteiger partial charge is 0.493 e. The zero-order chi connectivity index (χ0) is 20.2. The first-order chi connectivity index (χ1) is 14.1. The predicted molar refractivity (Wildman–Crippen MR) is 114 cm³/mol. The van der Waals surface area contributed by atoms with Crippen LogP contribution in [-0.2, 0) is 17.8 Å². The van der Waals surface area contributed by atoms with Crippen LogP contribution in [0.25, 0.3) is 0 Å². The van der Waals surface area contributed by atoms with Crippen LogP contribution in [0.15, 0.2) is 36.4 Å². The van der Waals surface area contributed by atoms with Crippen molar-refractivity contribution in [2.45, 2.75) is 33.2 Å². The van der Waals surface area contributed by atoms with Gasteiger partial charge in [-0.05, 0) is 48.2 Å². The molecule has 1 fully saturated rings.